The number of sulfonamides is 1. The molecular weight excluding hydrogens is 410 g/mol. The molecule has 1 aromatic heterocycles. The van der Waals surface area contributed by atoms with Crippen molar-refractivity contribution in [2.45, 2.75) is 45.6 Å². The van der Waals surface area contributed by atoms with E-state index in [1.165, 1.54) is 4.31 Å². The smallest absolute Gasteiger partial charge is 0.253 e. The third-order valence-electron chi connectivity index (χ3n) is 5.48. The fourth-order valence-electron chi connectivity index (χ4n) is 3.62. The quantitative estimate of drug-likeness (QED) is 0.593. The Morgan fingerprint density at radius 2 is 1.68 bits per heavy atom. The lowest BCUT2D eigenvalue weighted by Crippen LogP contribution is -2.30. The highest BCUT2D eigenvalue weighted by Crippen LogP contribution is 2.21. The van der Waals surface area contributed by atoms with Crippen LogP contribution in [-0.2, 0) is 10.0 Å². The predicted molar refractivity (Wildman–Crippen MR) is 124 cm³/mol. The van der Waals surface area contributed by atoms with Gasteiger partial charge in [-0.25, -0.2) is 8.42 Å². The van der Waals surface area contributed by atoms with Gasteiger partial charge in [0.15, 0.2) is 0 Å². The first-order valence-corrected chi connectivity index (χ1v) is 11.9. The van der Waals surface area contributed by atoms with Crippen molar-refractivity contribution in [1.29, 1.82) is 0 Å². The van der Waals surface area contributed by atoms with Gasteiger partial charge in [-0.3, -0.25) is 9.78 Å². The minimum absolute atomic E-state index is 0.208. The molecule has 31 heavy (non-hydrogen) atoms. The maximum atomic E-state index is 12.9. The van der Waals surface area contributed by atoms with E-state index in [-0.39, 0.29) is 16.8 Å². The molecule has 7 heteroatoms. The van der Waals surface area contributed by atoms with E-state index in [2.05, 4.69) is 10.3 Å². The van der Waals surface area contributed by atoms with Crippen LogP contribution in [0.4, 0.5) is 0 Å². The maximum absolute atomic E-state index is 12.9. The van der Waals surface area contributed by atoms with Gasteiger partial charge in [-0.2, -0.15) is 4.31 Å². The largest absolute Gasteiger partial charge is 0.345 e. The van der Waals surface area contributed by atoms with E-state index in [1.807, 2.05) is 58.9 Å². The van der Waals surface area contributed by atoms with Gasteiger partial charge in [-0.1, -0.05) is 37.6 Å². The first-order valence-electron chi connectivity index (χ1n) is 10.5. The van der Waals surface area contributed by atoms with Gasteiger partial charge < -0.3 is 5.32 Å². The molecule has 3 aromatic rings. The van der Waals surface area contributed by atoms with E-state index in [9.17, 15) is 13.2 Å². The van der Waals surface area contributed by atoms with Crippen molar-refractivity contribution < 1.29 is 13.2 Å². The van der Waals surface area contributed by atoms with Crippen LogP contribution < -0.4 is 5.32 Å². The van der Waals surface area contributed by atoms with Crippen molar-refractivity contribution >= 4 is 26.8 Å². The number of pyridine rings is 1. The fraction of sp³-hybridized carbons (Fsp3) is 0.333. The minimum Gasteiger partial charge on any atom is -0.345 e. The molecule has 0 radical (unpaired) electrons. The van der Waals surface area contributed by atoms with Gasteiger partial charge in [0, 0.05) is 18.5 Å². The van der Waals surface area contributed by atoms with Crippen molar-refractivity contribution in [2.75, 3.05) is 13.1 Å². The Hall–Kier alpha value is -2.77. The van der Waals surface area contributed by atoms with Gasteiger partial charge in [0.25, 0.3) is 5.91 Å². The Labute approximate surface area is 184 Å². The highest BCUT2D eigenvalue weighted by atomic mass is 32.2. The molecule has 0 aliphatic carbocycles. The maximum Gasteiger partial charge on any atom is 0.253 e. The predicted octanol–water partition coefficient (Wildman–Crippen LogP) is 4.37. The highest BCUT2D eigenvalue weighted by molar-refractivity contribution is 7.89. The van der Waals surface area contributed by atoms with Crippen LogP contribution in [0, 0.1) is 13.8 Å². The van der Waals surface area contributed by atoms with Gasteiger partial charge in [0.2, 0.25) is 10.0 Å². The van der Waals surface area contributed by atoms with Gasteiger partial charge in [0.05, 0.1) is 27.7 Å². The SMILES string of the molecule is CCN(CC)S(=O)(=O)c1ccc(C(C)NC(=O)c2cc3cc(C)ccc3nc2C)cc1. The van der Waals surface area contributed by atoms with Gasteiger partial charge in [-0.15, -0.1) is 0 Å². The van der Waals surface area contributed by atoms with Crippen LogP contribution in [0.1, 0.15) is 54.0 Å². The first-order chi connectivity index (χ1) is 14.7. The average Bonchev–Trinajstić information content (AvgIpc) is 2.74. The summed E-state index contributed by atoms with van der Waals surface area (Å²) in [6.45, 7) is 10.2. The van der Waals surface area contributed by atoms with E-state index in [4.69, 9.17) is 0 Å². The highest BCUT2D eigenvalue weighted by Gasteiger charge is 2.22. The van der Waals surface area contributed by atoms with Crippen molar-refractivity contribution in [2.24, 2.45) is 0 Å². The van der Waals surface area contributed by atoms with E-state index < -0.39 is 10.0 Å². The number of carbonyl (C=O) groups excluding carboxylic acids is 1. The lowest BCUT2D eigenvalue weighted by atomic mass is 10.1. The molecule has 6 nitrogen and oxygen atoms in total. The van der Waals surface area contributed by atoms with Gasteiger partial charge in [-0.05, 0) is 56.7 Å². The number of benzene rings is 2. The summed E-state index contributed by atoms with van der Waals surface area (Å²) in [7, 11) is -3.50. The average molecular weight is 440 g/mol. The van der Waals surface area contributed by atoms with Crippen LogP contribution in [0.3, 0.4) is 0 Å². The molecule has 0 saturated heterocycles. The Bertz CT molecular complexity index is 1200. The summed E-state index contributed by atoms with van der Waals surface area (Å²) in [5.74, 6) is -0.208. The molecular formula is C24H29N3O3S. The fourth-order valence-corrected chi connectivity index (χ4v) is 5.08. The lowest BCUT2D eigenvalue weighted by Gasteiger charge is -2.19. The second-order valence-electron chi connectivity index (χ2n) is 7.67. The summed E-state index contributed by atoms with van der Waals surface area (Å²) in [5.41, 5.74) is 4.00. The van der Waals surface area contributed by atoms with Crippen molar-refractivity contribution in [3.8, 4) is 0 Å². The van der Waals surface area contributed by atoms with E-state index in [0.29, 0.717) is 24.3 Å². The summed E-state index contributed by atoms with van der Waals surface area (Å²) in [4.78, 5) is 17.7. The van der Waals surface area contributed by atoms with Crippen molar-refractivity contribution in [3.63, 3.8) is 0 Å². The molecule has 3 rings (SSSR count). The molecule has 0 bridgehead atoms. The standard InChI is InChI=1S/C24H29N3O3S/c1-6-27(7-2)31(29,30)21-11-9-19(10-12-21)17(4)26-24(28)22-15-20-14-16(3)8-13-23(20)25-18(22)5/h8-15,17H,6-7H2,1-5H3,(H,26,28). The van der Waals surface area contributed by atoms with Crippen LogP contribution in [0.25, 0.3) is 10.9 Å². The van der Waals surface area contributed by atoms with Crippen LogP contribution in [0.2, 0.25) is 0 Å². The molecule has 0 aliphatic rings. The zero-order valence-electron chi connectivity index (χ0n) is 18.6. The van der Waals surface area contributed by atoms with Gasteiger partial charge in [0.1, 0.15) is 0 Å². The number of amides is 1. The summed E-state index contributed by atoms with van der Waals surface area (Å²) in [6.07, 6.45) is 0. The zero-order chi connectivity index (χ0) is 22.8. The monoisotopic (exact) mass is 439 g/mol. The second kappa shape index (κ2) is 9.16. The number of hydrogen-bond donors (Lipinski definition) is 1. The second-order valence-corrected chi connectivity index (χ2v) is 9.61. The Morgan fingerprint density at radius 1 is 1.03 bits per heavy atom. The van der Waals surface area contributed by atoms with E-state index in [1.54, 1.807) is 24.3 Å². The molecule has 1 unspecified atom stereocenters. The van der Waals surface area contributed by atoms with E-state index in [0.717, 1.165) is 22.0 Å². The Morgan fingerprint density at radius 3 is 2.29 bits per heavy atom. The summed E-state index contributed by atoms with van der Waals surface area (Å²) >= 11 is 0. The lowest BCUT2D eigenvalue weighted by molar-refractivity contribution is 0.0939. The molecule has 0 saturated carbocycles. The van der Waals surface area contributed by atoms with Crippen molar-refractivity contribution in [3.05, 3.63) is 70.9 Å². The van der Waals surface area contributed by atoms with Crippen molar-refractivity contribution in [1.82, 2.24) is 14.6 Å². The molecule has 164 valence electrons. The molecule has 1 atom stereocenters. The zero-order valence-corrected chi connectivity index (χ0v) is 19.5. The summed E-state index contributed by atoms with van der Waals surface area (Å²) in [6, 6.07) is 14.2. The molecule has 0 spiro atoms. The van der Waals surface area contributed by atoms with Crippen LogP contribution >= 0.6 is 0 Å². The summed E-state index contributed by atoms with van der Waals surface area (Å²) in [5, 5.41) is 3.92. The number of hydrogen-bond acceptors (Lipinski definition) is 4. The number of nitrogens with one attached hydrogen (secondary N) is 1. The number of nitrogens with zero attached hydrogens (tertiary/aromatic N) is 2. The summed E-state index contributed by atoms with van der Waals surface area (Å²) < 4.78 is 26.7. The van der Waals surface area contributed by atoms with Crippen LogP contribution in [0.5, 0.6) is 0 Å². The number of fused-ring (bicyclic) bond motifs is 1. The third kappa shape index (κ3) is 4.78. The molecule has 2 aromatic carbocycles. The van der Waals surface area contributed by atoms with Gasteiger partial charge >= 0.3 is 0 Å². The molecule has 1 heterocycles. The number of rotatable bonds is 7. The Kier molecular flexibility index (Phi) is 6.77. The molecule has 1 N–H and O–H groups in total. The number of carbonyl (C=O) groups is 1. The molecule has 0 aliphatic heterocycles. The third-order valence-corrected chi connectivity index (χ3v) is 7.54. The number of aryl methyl sites for hydroxylation is 2. The minimum atomic E-state index is -3.50. The van der Waals surface area contributed by atoms with Crippen LogP contribution in [0.15, 0.2) is 53.4 Å². The Balaban J connectivity index is 1.80. The topological polar surface area (TPSA) is 79.4 Å². The van der Waals surface area contributed by atoms with E-state index >= 15 is 0 Å². The molecule has 0 fully saturated rings. The first kappa shape index (κ1) is 22.9. The normalized spacial score (nSPS) is 12.8. The number of aromatic nitrogens is 1. The van der Waals surface area contributed by atoms with Crippen LogP contribution in [-0.4, -0.2) is 36.7 Å². The molecule has 1 amide bonds.